The largest absolute Gasteiger partial charge is 0.305 e. The second-order valence-electron chi connectivity index (χ2n) is 7.06. The van der Waals surface area contributed by atoms with Gasteiger partial charge in [-0.3, -0.25) is 0 Å². The number of halogens is 1. The quantitative estimate of drug-likeness (QED) is 0.329. The first-order chi connectivity index (χ1) is 14.7. The van der Waals surface area contributed by atoms with Gasteiger partial charge in [-0.25, -0.2) is 4.98 Å². The van der Waals surface area contributed by atoms with Crippen LogP contribution in [0.4, 0.5) is 0 Å². The van der Waals surface area contributed by atoms with Gasteiger partial charge in [0.05, 0.1) is 17.3 Å². The summed E-state index contributed by atoms with van der Waals surface area (Å²) in [6, 6.07) is 29.9. The van der Waals surface area contributed by atoms with E-state index in [9.17, 15) is 0 Å². The zero-order chi connectivity index (χ0) is 20.5. The first-order valence-corrected chi connectivity index (χ1v) is 9.94. The number of imidazole rings is 1. The lowest BCUT2D eigenvalue weighted by atomic mass is 10.0. The van der Waals surface area contributed by atoms with E-state index in [1.54, 1.807) is 0 Å². The van der Waals surface area contributed by atoms with Gasteiger partial charge in [-0.15, -0.1) is 0 Å². The van der Waals surface area contributed by atoms with Crippen LogP contribution < -0.4 is 0 Å². The average Bonchev–Trinajstić information content (AvgIpc) is 3.24. The van der Waals surface area contributed by atoms with Crippen molar-refractivity contribution in [1.29, 1.82) is 5.26 Å². The van der Waals surface area contributed by atoms with Gasteiger partial charge in [0.1, 0.15) is 5.65 Å². The highest BCUT2D eigenvalue weighted by Gasteiger charge is 2.13. The molecule has 0 N–H and O–H groups in total. The van der Waals surface area contributed by atoms with Crippen molar-refractivity contribution in [2.24, 2.45) is 0 Å². The van der Waals surface area contributed by atoms with Crippen LogP contribution in [0.2, 0.25) is 5.02 Å². The van der Waals surface area contributed by atoms with Crippen molar-refractivity contribution in [3.05, 3.63) is 108 Å². The molecule has 0 bridgehead atoms. The first-order valence-electron chi connectivity index (χ1n) is 9.56. The minimum atomic E-state index is 0.645. The molecule has 0 amide bonds. The summed E-state index contributed by atoms with van der Waals surface area (Å²) in [6.07, 6.45) is 4.13. The molecule has 0 saturated heterocycles. The summed E-state index contributed by atoms with van der Waals surface area (Å²) in [5.41, 5.74) is 7.68. The van der Waals surface area contributed by atoms with E-state index in [0.717, 1.165) is 39.2 Å². The number of aromatic nitrogens is 2. The topological polar surface area (TPSA) is 41.1 Å². The molecular weight excluding hydrogens is 390 g/mol. The van der Waals surface area contributed by atoms with Gasteiger partial charge >= 0.3 is 0 Å². The molecule has 5 rings (SSSR count). The van der Waals surface area contributed by atoms with E-state index in [1.165, 1.54) is 0 Å². The Morgan fingerprint density at radius 1 is 0.733 bits per heavy atom. The standard InChI is InChI=1S/C26H16ClN3/c27-23-12-10-20(11-13-23)24-14-22(19-8-6-18(15-28)7-9-19)16-30-17-25(29-26(24)30)21-4-2-1-3-5-21/h1-14,16-17H. The van der Waals surface area contributed by atoms with Crippen molar-refractivity contribution in [1.82, 2.24) is 9.38 Å². The molecule has 0 spiro atoms. The molecule has 3 aromatic carbocycles. The summed E-state index contributed by atoms with van der Waals surface area (Å²) in [5.74, 6) is 0. The zero-order valence-electron chi connectivity index (χ0n) is 16.0. The fourth-order valence-corrected chi connectivity index (χ4v) is 3.71. The maximum Gasteiger partial charge on any atom is 0.145 e. The van der Waals surface area contributed by atoms with Crippen molar-refractivity contribution in [2.45, 2.75) is 0 Å². The fraction of sp³-hybridized carbons (Fsp3) is 0. The Kier molecular flexibility index (Phi) is 4.55. The Hall–Kier alpha value is -3.87. The Morgan fingerprint density at radius 2 is 1.43 bits per heavy atom. The molecule has 3 nitrogen and oxygen atoms in total. The molecular formula is C26H16ClN3. The summed E-state index contributed by atoms with van der Waals surface area (Å²) in [7, 11) is 0. The van der Waals surface area contributed by atoms with E-state index in [-0.39, 0.29) is 0 Å². The van der Waals surface area contributed by atoms with E-state index in [2.05, 4.69) is 41.1 Å². The normalized spacial score (nSPS) is 10.8. The molecule has 0 fully saturated rings. The van der Waals surface area contributed by atoms with Gasteiger partial charge in [-0.2, -0.15) is 5.26 Å². The van der Waals surface area contributed by atoms with Gasteiger partial charge in [-0.05, 0) is 47.0 Å². The van der Waals surface area contributed by atoms with Crippen molar-refractivity contribution in [3.63, 3.8) is 0 Å². The summed E-state index contributed by atoms with van der Waals surface area (Å²) in [6.45, 7) is 0. The van der Waals surface area contributed by atoms with Crippen molar-refractivity contribution in [2.75, 3.05) is 0 Å². The predicted molar refractivity (Wildman–Crippen MR) is 121 cm³/mol. The number of rotatable bonds is 3. The molecule has 0 aliphatic rings. The van der Waals surface area contributed by atoms with Crippen LogP contribution in [0.25, 0.3) is 39.2 Å². The smallest absolute Gasteiger partial charge is 0.145 e. The highest BCUT2D eigenvalue weighted by molar-refractivity contribution is 6.30. The second kappa shape index (κ2) is 7.51. The molecule has 5 aromatic rings. The number of fused-ring (bicyclic) bond motifs is 1. The lowest BCUT2D eigenvalue weighted by Crippen LogP contribution is -1.91. The summed E-state index contributed by atoms with van der Waals surface area (Å²) >= 11 is 6.11. The molecule has 2 aromatic heterocycles. The van der Waals surface area contributed by atoms with Crippen LogP contribution in [0.3, 0.4) is 0 Å². The van der Waals surface area contributed by atoms with Crippen LogP contribution in [0.1, 0.15) is 5.56 Å². The highest BCUT2D eigenvalue weighted by Crippen LogP contribution is 2.32. The molecule has 4 heteroatoms. The van der Waals surface area contributed by atoms with Gasteiger partial charge in [0.2, 0.25) is 0 Å². The minimum Gasteiger partial charge on any atom is -0.305 e. The number of hydrogen-bond acceptors (Lipinski definition) is 2. The molecule has 0 atom stereocenters. The van der Waals surface area contributed by atoms with Crippen molar-refractivity contribution >= 4 is 17.2 Å². The van der Waals surface area contributed by atoms with Gasteiger partial charge < -0.3 is 4.40 Å². The Morgan fingerprint density at radius 3 is 2.13 bits per heavy atom. The third-order valence-electron chi connectivity index (χ3n) is 5.12. The predicted octanol–water partition coefficient (Wildman–Crippen LogP) is 6.86. The summed E-state index contributed by atoms with van der Waals surface area (Å²) < 4.78 is 2.07. The Bertz CT molecular complexity index is 1380. The molecule has 0 aliphatic heterocycles. The van der Waals surface area contributed by atoms with E-state index in [4.69, 9.17) is 21.8 Å². The van der Waals surface area contributed by atoms with Crippen LogP contribution in [0.15, 0.2) is 97.3 Å². The lowest BCUT2D eigenvalue weighted by Gasteiger charge is -2.09. The van der Waals surface area contributed by atoms with E-state index in [0.29, 0.717) is 10.6 Å². The zero-order valence-corrected chi connectivity index (χ0v) is 16.7. The van der Waals surface area contributed by atoms with Crippen molar-refractivity contribution in [3.8, 4) is 39.6 Å². The number of hydrogen-bond donors (Lipinski definition) is 0. The van der Waals surface area contributed by atoms with Crippen LogP contribution in [-0.2, 0) is 0 Å². The number of benzene rings is 3. The molecule has 30 heavy (non-hydrogen) atoms. The van der Waals surface area contributed by atoms with E-state index in [1.807, 2.05) is 66.7 Å². The van der Waals surface area contributed by atoms with Gasteiger partial charge in [-0.1, -0.05) is 66.2 Å². The fourth-order valence-electron chi connectivity index (χ4n) is 3.58. The van der Waals surface area contributed by atoms with Gasteiger partial charge in [0, 0.05) is 28.5 Å². The van der Waals surface area contributed by atoms with Crippen molar-refractivity contribution < 1.29 is 0 Å². The Labute approximate surface area is 179 Å². The minimum absolute atomic E-state index is 0.645. The van der Waals surface area contributed by atoms with Gasteiger partial charge in [0.25, 0.3) is 0 Å². The number of nitrogens with zero attached hydrogens (tertiary/aromatic N) is 3. The third-order valence-corrected chi connectivity index (χ3v) is 5.38. The van der Waals surface area contributed by atoms with Crippen LogP contribution in [0, 0.1) is 11.3 Å². The van der Waals surface area contributed by atoms with Crippen LogP contribution >= 0.6 is 11.6 Å². The molecule has 0 saturated carbocycles. The third kappa shape index (κ3) is 3.34. The maximum absolute atomic E-state index is 9.09. The van der Waals surface area contributed by atoms with Gasteiger partial charge in [0.15, 0.2) is 0 Å². The first kappa shape index (κ1) is 18.2. The number of nitriles is 1. The lowest BCUT2D eigenvalue weighted by molar-refractivity contribution is 1.19. The van der Waals surface area contributed by atoms with E-state index < -0.39 is 0 Å². The summed E-state index contributed by atoms with van der Waals surface area (Å²) in [4.78, 5) is 4.93. The SMILES string of the molecule is N#Cc1ccc(-c2cc(-c3ccc(Cl)cc3)c3nc(-c4ccccc4)cn3c2)cc1. The summed E-state index contributed by atoms with van der Waals surface area (Å²) in [5, 5.41) is 9.79. The highest BCUT2D eigenvalue weighted by atomic mass is 35.5. The molecule has 2 heterocycles. The molecule has 0 unspecified atom stereocenters. The van der Waals surface area contributed by atoms with E-state index >= 15 is 0 Å². The molecule has 142 valence electrons. The van der Waals surface area contributed by atoms with Crippen LogP contribution in [-0.4, -0.2) is 9.38 Å². The molecule has 0 radical (unpaired) electrons. The monoisotopic (exact) mass is 405 g/mol. The molecule has 0 aliphatic carbocycles. The Balaban J connectivity index is 1.74. The average molecular weight is 406 g/mol. The number of pyridine rings is 1. The second-order valence-corrected chi connectivity index (χ2v) is 7.50. The maximum atomic E-state index is 9.09. The van der Waals surface area contributed by atoms with Crippen LogP contribution in [0.5, 0.6) is 0 Å².